The molecule has 29 heavy (non-hydrogen) atoms. The summed E-state index contributed by atoms with van der Waals surface area (Å²) >= 11 is 0. The third-order valence-electron chi connectivity index (χ3n) is 5.81. The minimum absolute atomic E-state index is 0.0256. The molecular weight excluding hydrogens is 398 g/mol. The summed E-state index contributed by atoms with van der Waals surface area (Å²) in [7, 11) is -3.92. The molecule has 1 unspecified atom stereocenters. The van der Waals surface area contributed by atoms with Crippen LogP contribution in [-0.2, 0) is 19.6 Å². The van der Waals surface area contributed by atoms with Crippen molar-refractivity contribution in [2.24, 2.45) is 5.73 Å². The average molecular weight is 428 g/mol. The number of aromatic nitrogens is 1. The highest BCUT2D eigenvalue weighted by Crippen LogP contribution is 2.26. The second-order valence-corrected chi connectivity index (χ2v) is 9.50. The van der Waals surface area contributed by atoms with E-state index in [4.69, 9.17) is 10.3 Å². The lowest BCUT2D eigenvalue weighted by molar-refractivity contribution is -0.134. The van der Waals surface area contributed by atoms with Crippen LogP contribution in [0.1, 0.15) is 44.1 Å². The molecule has 2 aliphatic rings. The quantitative estimate of drug-likeness (QED) is 0.646. The van der Waals surface area contributed by atoms with Gasteiger partial charge < -0.3 is 15.2 Å². The maximum atomic E-state index is 12.8. The van der Waals surface area contributed by atoms with Gasteiger partial charge in [0.1, 0.15) is 10.6 Å². The van der Waals surface area contributed by atoms with E-state index in [9.17, 15) is 18.0 Å². The van der Waals surface area contributed by atoms with Gasteiger partial charge in [0.2, 0.25) is 21.8 Å². The van der Waals surface area contributed by atoms with E-state index in [1.807, 2.05) is 0 Å². The van der Waals surface area contributed by atoms with Crippen molar-refractivity contribution in [1.82, 2.24) is 19.7 Å². The molecular formula is C18H29N5O5S. The number of nitrogens with one attached hydrogen (secondary N) is 1. The van der Waals surface area contributed by atoms with Crippen molar-refractivity contribution in [3.63, 3.8) is 0 Å². The molecule has 3 N–H and O–H groups in total. The van der Waals surface area contributed by atoms with Gasteiger partial charge in [-0.15, -0.1) is 0 Å². The van der Waals surface area contributed by atoms with Crippen LogP contribution >= 0.6 is 0 Å². The normalized spacial score (nSPS) is 22.7. The molecule has 0 radical (unpaired) electrons. The van der Waals surface area contributed by atoms with Crippen molar-refractivity contribution < 1.29 is 22.5 Å². The maximum absolute atomic E-state index is 12.8. The van der Waals surface area contributed by atoms with Gasteiger partial charge in [-0.25, -0.2) is 8.42 Å². The summed E-state index contributed by atoms with van der Waals surface area (Å²) in [5, 5.41) is 3.66. The lowest BCUT2D eigenvalue weighted by Crippen LogP contribution is -2.54. The Kier molecular flexibility index (Phi) is 6.30. The number of nitrogens with two attached hydrogens (primary N) is 1. The molecule has 0 saturated carbocycles. The molecule has 3 heterocycles. The maximum Gasteiger partial charge on any atom is 0.246 e. The van der Waals surface area contributed by atoms with Crippen molar-refractivity contribution in [2.75, 3.05) is 19.6 Å². The standard InChI is InChI=1S/C18H29N5O5S/c1-11-16(13(3)28-20-11)29(26,27)21-12(2)18(25)22-9-6-14(7-10-22)23-8-4-5-15(23)17(19)24/h12,14-15,21H,4-10H2,1-3H3,(H2,19,24)/t12-,15?/m0/s1. The Hall–Kier alpha value is -1.98. The Bertz CT molecular complexity index is 856. The Morgan fingerprint density at radius 2 is 1.86 bits per heavy atom. The average Bonchev–Trinajstić information content (AvgIpc) is 3.28. The topological polar surface area (TPSA) is 139 Å². The molecule has 2 aliphatic heterocycles. The molecule has 2 fully saturated rings. The third-order valence-corrected chi connectivity index (χ3v) is 7.59. The van der Waals surface area contributed by atoms with E-state index in [2.05, 4.69) is 14.8 Å². The van der Waals surface area contributed by atoms with Gasteiger partial charge in [0, 0.05) is 19.1 Å². The van der Waals surface area contributed by atoms with Crippen LogP contribution in [0.2, 0.25) is 0 Å². The van der Waals surface area contributed by atoms with E-state index < -0.39 is 16.1 Å². The smallest absolute Gasteiger partial charge is 0.246 e. The van der Waals surface area contributed by atoms with Gasteiger partial charge in [0.05, 0.1) is 12.1 Å². The fraction of sp³-hybridized carbons (Fsp3) is 0.722. The first-order valence-electron chi connectivity index (χ1n) is 9.91. The third kappa shape index (κ3) is 4.46. The number of carbonyl (C=O) groups is 2. The number of hydrogen-bond donors (Lipinski definition) is 2. The lowest BCUT2D eigenvalue weighted by atomic mass is 10.0. The monoisotopic (exact) mass is 427 g/mol. The summed E-state index contributed by atoms with van der Waals surface area (Å²) in [6.07, 6.45) is 3.21. The second-order valence-electron chi connectivity index (χ2n) is 7.85. The van der Waals surface area contributed by atoms with Gasteiger partial charge in [-0.2, -0.15) is 4.72 Å². The summed E-state index contributed by atoms with van der Waals surface area (Å²) < 4.78 is 32.6. The highest BCUT2D eigenvalue weighted by atomic mass is 32.2. The number of nitrogens with zero attached hydrogens (tertiary/aromatic N) is 3. The van der Waals surface area contributed by atoms with Crippen LogP contribution in [0, 0.1) is 13.8 Å². The minimum Gasteiger partial charge on any atom is -0.368 e. The van der Waals surface area contributed by atoms with Gasteiger partial charge in [-0.05, 0) is 53.0 Å². The molecule has 1 aromatic rings. The molecule has 2 amide bonds. The highest BCUT2D eigenvalue weighted by molar-refractivity contribution is 7.89. The first-order valence-corrected chi connectivity index (χ1v) is 11.4. The van der Waals surface area contributed by atoms with Crippen molar-refractivity contribution in [1.29, 1.82) is 0 Å². The zero-order chi connectivity index (χ0) is 21.3. The predicted octanol–water partition coefficient (Wildman–Crippen LogP) is -0.101. The number of primary amides is 1. The molecule has 2 atom stereocenters. The Morgan fingerprint density at radius 3 is 2.41 bits per heavy atom. The van der Waals surface area contributed by atoms with Crippen molar-refractivity contribution >= 4 is 21.8 Å². The molecule has 0 spiro atoms. The van der Waals surface area contributed by atoms with Crippen LogP contribution in [0.25, 0.3) is 0 Å². The van der Waals surface area contributed by atoms with Crippen LogP contribution in [0.3, 0.4) is 0 Å². The number of hydrogen-bond acceptors (Lipinski definition) is 7. The van der Waals surface area contributed by atoms with E-state index in [1.165, 1.54) is 13.8 Å². The van der Waals surface area contributed by atoms with Gasteiger partial charge >= 0.3 is 0 Å². The van der Waals surface area contributed by atoms with E-state index in [0.717, 1.165) is 32.2 Å². The van der Waals surface area contributed by atoms with Crippen molar-refractivity contribution in [3.05, 3.63) is 11.5 Å². The number of carbonyl (C=O) groups excluding carboxylic acids is 2. The number of aryl methyl sites for hydroxylation is 2. The first-order chi connectivity index (χ1) is 13.6. The number of rotatable bonds is 6. The number of piperidine rings is 1. The van der Waals surface area contributed by atoms with E-state index in [-0.39, 0.29) is 40.2 Å². The van der Waals surface area contributed by atoms with Gasteiger partial charge in [-0.1, -0.05) is 5.16 Å². The van der Waals surface area contributed by atoms with Gasteiger partial charge in [0.25, 0.3) is 0 Å². The summed E-state index contributed by atoms with van der Waals surface area (Å²) in [5.41, 5.74) is 5.76. The largest absolute Gasteiger partial charge is 0.368 e. The van der Waals surface area contributed by atoms with Crippen molar-refractivity contribution in [3.8, 4) is 0 Å². The predicted molar refractivity (Wildman–Crippen MR) is 104 cm³/mol. The molecule has 162 valence electrons. The number of likely N-dealkylation sites (tertiary alicyclic amines) is 2. The number of sulfonamides is 1. The molecule has 0 aliphatic carbocycles. The Balaban J connectivity index is 1.58. The minimum atomic E-state index is -3.92. The summed E-state index contributed by atoms with van der Waals surface area (Å²) in [5.74, 6) is -0.375. The zero-order valence-electron chi connectivity index (χ0n) is 17.1. The Morgan fingerprint density at radius 1 is 1.21 bits per heavy atom. The molecule has 0 bridgehead atoms. The summed E-state index contributed by atoms with van der Waals surface area (Å²) in [6, 6.07) is -0.910. The van der Waals surface area contributed by atoms with E-state index >= 15 is 0 Å². The highest BCUT2D eigenvalue weighted by Gasteiger charge is 2.37. The van der Waals surface area contributed by atoms with Gasteiger partial charge in [0.15, 0.2) is 5.76 Å². The molecule has 2 saturated heterocycles. The summed E-state index contributed by atoms with van der Waals surface area (Å²) in [4.78, 5) is 28.2. The van der Waals surface area contributed by atoms with Crippen molar-refractivity contribution in [2.45, 2.75) is 69.5 Å². The zero-order valence-corrected chi connectivity index (χ0v) is 17.9. The number of amides is 2. The van der Waals surface area contributed by atoms with Crippen LogP contribution in [-0.4, -0.2) is 72.9 Å². The molecule has 11 heteroatoms. The fourth-order valence-electron chi connectivity index (χ4n) is 4.42. The van der Waals surface area contributed by atoms with Crippen LogP contribution < -0.4 is 10.5 Å². The van der Waals surface area contributed by atoms with Crippen LogP contribution in [0.15, 0.2) is 9.42 Å². The van der Waals surface area contributed by atoms with E-state index in [1.54, 1.807) is 11.8 Å². The molecule has 10 nitrogen and oxygen atoms in total. The van der Waals surface area contributed by atoms with E-state index in [0.29, 0.717) is 13.1 Å². The summed E-state index contributed by atoms with van der Waals surface area (Å²) in [6.45, 7) is 6.48. The molecule has 1 aromatic heterocycles. The molecule has 3 rings (SSSR count). The van der Waals surface area contributed by atoms with Gasteiger partial charge in [-0.3, -0.25) is 14.5 Å². The Labute approximate surface area is 170 Å². The lowest BCUT2D eigenvalue weighted by Gasteiger charge is -2.39. The first kappa shape index (κ1) is 21.7. The van der Waals surface area contributed by atoms with Crippen LogP contribution in [0.5, 0.6) is 0 Å². The SMILES string of the molecule is Cc1noc(C)c1S(=O)(=O)N[C@@H](C)C(=O)N1CCC(N2CCCC2C(N)=O)CC1. The van der Waals surface area contributed by atoms with Crippen LogP contribution in [0.4, 0.5) is 0 Å². The fourth-order valence-corrected chi connectivity index (χ4v) is 5.95. The molecule has 0 aromatic carbocycles. The second kappa shape index (κ2) is 8.41.